The van der Waals surface area contributed by atoms with Gasteiger partial charge in [0, 0.05) is 29.8 Å². The topological polar surface area (TPSA) is 59.4 Å². The van der Waals surface area contributed by atoms with Crippen molar-refractivity contribution in [2.75, 3.05) is 13.7 Å². The highest BCUT2D eigenvalue weighted by atomic mass is 32.1. The Morgan fingerprint density at radius 3 is 2.56 bits per heavy atom. The first-order chi connectivity index (χ1) is 15.5. The van der Waals surface area contributed by atoms with E-state index in [9.17, 15) is 4.79 Å². The molecule has 3 heterocycles. The van der Waals surface area contributed by atoms with Gasteiger partial charge >= 0.3 is 5.97 Å². The summed E-state index contributed by atoms with van der Waals surface area (Å²) in [6, 6.07) is 15.8. The quantitative estimate of drug-likeness (QED) is 0.437. The van der Waals surface area contributed by atoms with E-state index in [1.165, 1.54) is 12.7 Å². The molecular formula is C25H28N4O2S. The third-order valence-electron chi connectivity index (χ3n) is 6.00. The summed E-state index contributed by atoms with van der Waals surface area (Å²) in [5.74, 6) is -0.336. The van der Waals surface area contributed by atoms with E-state index in [4.69, 9.17) is 17.0 Å². The molecule has 4 rings (SSSR count). The number of carbonyl (C=O) groups excluding carboxylic acids is 1. The SMILES string of the molecule is CCCN1C(=S)N[C@H](c2ccccn2)[C@H]1c1cc(C)n(-c2ccc(C(=O)OC)cc2)c1C. The molecule has 0 radical (unpaired) electrons. The second-order valence-electron chi connectivity index (χ2n) is 8.02. The van der Waals surface area contributed by atoms with Gasteiger partial charge in [-0.05, 0) is 80.5 Å². The molecule has 1 aliphatic heterocycles. The molecule has 166 valence electrons. The number of ether oxygens (including phenoxy) is 1. The van der Waals surface area contributed by atoms with Crippen LogP contribution in [0.1, 0.15) is 58.4 Å². The minimum Gasteiger partial charge on any atom is -0.465 e. The zero-order valence-electron chi connectivity index (χ0n) is 18.8. The van der Waals surface area contributed by atoms with Crippen molar-refractivity contribution in [3.05, 3.63) is 82.9 Å². The lowest BCUT2D eigenvalue weighted by Crippen LogP contribution is -2.30. The zero-order chi connectivity index (χ0) is 22.8. The fourth-order valence-electron chi connectivity index (χ4n) is 4.57. The van der Waals surface area contributed by atoms with Gasteiger partial charge < -0.3 is 19.5 Å². The Morgan fingerprint density at radius 2 is 1.94 bits per heavy atom. The lowest BCUT2D eigenvalue weighted by molar-refractivity contribution is 0.0600. The molecule has 2 aromatic heterocycles. The molecule has 3 aromatic rings. The van der Waals surface area contributed by atoms with Crippen molar-refractivity contribution in [1.82, 2.24) is 19.8 Å². The van der Waals surface area contributed by atoms with Crippen molar-refractivity contribution >= 4 is 23.3 Å². The molecule has 1 N–H and O–H groups in total. The first kappa shape index (κ1) is 22.0. The van der Waals surface area contributed by atoms with Crippen LogP contribution >= 0.6 is 12.2 Å². The monoisotopic (exact) mass is 448 g/mol. The number of nitrogens with one attached hydrogen (secondary N) is 1. The van der Waals surface area contributed by atoms with Gasteiger partial charge in [-0.1, -0.05) is 13.0 Å². The minimum absolute atomic E-state index is 0.0223. The number of benzene rings is 1. The lowest BCUT2D eigenvalue weighted by Gasteiger charge is -2.27. The summed E-state index contributed by atoms with van der Waals surface area (Å²) in [5, 5.41) is 4.27. The van der Waals surface area contributed by atoms with Crippen LogP contribution in [0.25, 0.3) is 5.69 Å². The van der Waals surface area contributed by atoms with E-state index >= 15 is 0 Å². The fourth-order valence-corrected chi connectivity index (χ4v) is 4.91. The van der Waals surface area contributed by atoms with Crippen LogP contribution in [-0.4, -0.2) is 39.2 Å². The summed E-state index contributed by atoms with van der Waals surface area (Å²) in [5.41, 5.74) is 6.00. The highest BCUT2D eigenvalue weighted by molar-refractivity contribution is 7.80. The maximum Gasteiger partial charge on any atom is 0.337 e. The van der Waals surface area contributed by atoms with E-state index in [1.807, 2.05) is 36.5 Å². The van der Waals surface area contributed by atoms with Crippen molar-refractivity contribution in [2.24, 2.45) is 0 Å². The Bertz CT molecular complexity index is 1120. The molecule has 1 aromatic carbocycles. The molecule has 0 saturated carbocycles. The third-order valence-corrected chi connectivity index (χ3v) is 6.35. The van der Waals surface area contributed by atoms with Crippen LogP contribution in [0.3, 0.4) is 0 Å². The second kappa shape index (κ2) is 9.12. The Balaban J connectivity index is 1.78. The van der Waals surface area contributed by atoms with Crippen LogP contribution in [-0.2, 0) is 4.74 Å². The predicted octanol–water partition coefficient (Wildman–Crippen LogP) is 4.66. The van der Waals surface area contributed by atoms with Crippen molar-refractivity contribution in [2.45, 2.75) is 39.3 Å². The number of rotatable bonds is 6. The summed E-state index contributed by atoms with van der Waals surface area (Å²) in [6.45, 7) is 7.28. The van der Waals surface area contributed by atoms with E-state index in [0.717, 1.165) is 40.8 Å². The summed E-state index contributed by atoms with van der Waals surface area (Å²) in [7, 11) is 1.39. The van der Waals surface area contributed by atoms with E-state index < -0.39 is 0 Å². The van der Waals surface area contributed by atoms with Crippen LogP contribution < -0.4 is 5.32 Å². The highest BCUT2D eigenvalue weighted by Gasteiger charge is 2.40. The number of methoxy groups -OCH3 is 1. The van der Waals surface area contributed by atoms with Gasteiger partial charge in [0.05, 0.1) is 30.5 Å². The third kappa shape index (κ3) is 3.88. The predicted molar refractivity (Wildman–Crippen MR) is 129 cm³/mol. The van der Waals surface area contributed by atoms with Gasteiger partial charge in [0.25, 0.3) is 0 Å². The van der Waals surface area contributed by atoms with Gasteiger partial charge in [-0.15, -0.1) is 0 Å². The Morgan fingerprint density at radius 1 is 1.19 bits per heavy atom. The number of aromatic nitrogens is 2. The first-order valence-electron chi connectivity index (χ1n) is 10.8. The van der Waals surface area contributed by atoms with E-state index in [2.05, 4.69) is 46.6 Å². The molecule has 1 aliphatic rings. The maximum absolute atomic E-state index is 11.8. The smallest absolute Gasteiger partial charge is 0.337 e. The van der Waals surface area contributed by atoms with Crippen LogP contribution in [0, 0.1) is 13.8 Å². The first-order valence-corrected chi connectivity index (χ1v) is 11.2. The molecule has 0 unspecified atom stereocenters. The van der Waals surface area contributed by atoms with E-state index in [0.29, 0.717) is 5.56 Å². The molecule has 0 amide bonds. The van der Waals surface area contributed by atoms with Gasteiger partial charge in [-0.2, -0.15) is 0 Å². The number of esters is 1. The van der Waals surface area contributed by atoms with Gasteiger partial charge in [-0.25, -0.2) is 4.79 Å². The highest BCUT2D eigenvalue weighted by Crippen LogP contribution is 2.41. The average Bonchev–Trinajstić information content (AvgIpc) is 3.29. The molecule has 0 spiro atoms. The molecule has 0 bridgehead atoms. The fraction of sp³-hybridized carbons (Fsp3) is 0.320. The summed E-state index contributed by atoms with van der Waals surface area (Å²) < 4.78 is 7.04. The number of aryl methyl sites for hydroxylation is 1. The van der Waals surface area contributed by atoms with Crippen LogP contribution in [0.15, 0.2) is 54.7 Å². The molecule has 1 fully saturated rings. The van der Waals surface area contributed by atoms with Crippen molar-refractivity contribution < 1.29 is 9.53 Å². The average molecular weight is 449 g/mol. The second-order valence-corrected chi connectivity index (χ2v) is 8.41. The molecule has 0 aliphatic carbocycles. The molecule has 32 heavy (non-hydrogen) atoms. The van der Waals surface area contributed by atoms with Gasteiger partial charge in [0.2, 0.25) is 0 Å². The summed E-state index contributed by atoms with van der Waals surface area (Å²) in [4.78, 5) is 18.7. The zero-order valence-corrected chi connectivity index (χ0v) is 19.6. The standard InChI is InChI=1S/C25H28N4O2S/c1-5-14-28-23(22(27-25(28)32)21-8-6-7-13-26-21)20-15-16(2)29(17(20)3)19-11-9-18(10-12-19)24(30)31-4/h6-13,15,22-23H,5,14H2,1-4H3,(H,27,32)/t22-,23-/m1/s1. The normalized spacial score (nSPS) is 18.0. The van der Waals surface area contributed by atoms with Gasteiger partial charge in [0.1, 0.15) is 0 Å². The molecule has 2 atom stereocenters. The van der Waals surface area contributed by atoms with E-state index in [-0.39, 0.29) is 18.1 Å². The van der Waals surface area contributed by atoms with E-state index in [1.54, 1.807) is 12.1 Å². The maximum atomic E-state index is 11.8. The lowest BCUT2D eigenvalue weighted by atomic mass is 9.96. The number of pyridine rings is 1. The number of carbonyl (C=O) groups is 1. The van der Waals surface area contributed by atoms with Gasteiger partial charge in [0.15, 0.2) is 5.11 Å². The Kier molecular flexibility index (Phi) is 6.28. The van der Waals surface area contributed by atoms with Crippen LogP contribution in [0.4, 0.5) is 0 Å². The Labute approximate surface area is 194 Å². The largest absolute Gasteiger partial charge is 0.465 e. The van der Waals surface area contributed by atoms with Gasteiger partial charge in [-0.3, -0.25) is 4.98 Å². The summed E-state index contributed by atoms with van der Waals surface area (Å²) in [6.07, 6.45) is 2.83. The van der Waals surface area contributed by atoms with Crippen molar-refractivity contribution in [3.63, 3.8) is 0 Å². The summed E-state index contributed by atoms with van der Waals surface area (Å²) >= 11 is 5.72. The van der Waals surface area contributed by atoms with Crippen LogP contribution in [0.2, 0.25) is 0 Å². The molecule has 7 heteroatoms. The number of hydrogen-bond donors (Lipinski definition) is 1. The number of nitrogens with zero attached hydrogens (tertiary/aromatic N) is 3. The molecule has 1 saturated heterocycles. The Hall–Kier alpha value is -3.19. The minimum atomic E-state index is -0.336. The number of thiocarbonyl (C=S) groups is 1. The molecule has 6 nitrogen and oxygen atoms in total. The number of hydrogen-bond acceptors (Lipinski definition) is 4. The van der Waals surface area contributed by atoms with Crippen LogP contribution in [0.5, 0.6) is 0 Å². The molecular weight excluding hydrogens is 420 g/mol. The van der Waals surface area contributed by atoms with Crippen molar-refractivity contribution in [3.8, 4) is 5.69 Å². The van der Waals surface area contributed by atoms with Crippen molar-refractivity contribution in [1.29, 1.82) is 0 Å².